The molecule has 1 unspecified atom stereocenters. The second kappa shape index (κ2) is 11.9. The first kappa shape index (κ1) is 25.7. The average molecular weight is 480 g/mol. The van der Waals surface area contributed by atoms with E-state index in [4.69, 9.17) is 23.7 Å². The number of methoxy groups -OCH3 is 5. The highest BCUT2D eigenvalue weighted by atomic mass is 32.2. The van der Waals surface area contributed by atoms with E-state index in [-0.39, 0.29) is 27.9 Å². The number of carbonyl (C=O) groups is 3. The molecule has 0 aliphatic heterocycles. The fraction of sp³-hybridized carbons (Fsp3) is 0.318. The molecule has 0 fully saturated rings. The summed E-state index contributed by atoms with van der Waals surface area (Å²) in [6.45, 7) is 0. The minimum atomic E-state index is -1.33. The molecule has 2 aromatic rings. The number of benzene rings is 2. The van der Waals surface area contributed by atoms with E-state index in [0.717, 1.165) is 11.8 Å². The number of carboxylic acids is 1. The predicted octanol–water partition coefficient (Wildman–Crippen LogP) is 2.49. The number of hydrogen-bond acceptors (Lipinski definition) is 9. The van der Waals surface area contributed by atoms with Gasteiger partial charge in [0.15, 0.2) is 23.0 Å². The summed E-state index contributed by atoms with van der Waals surface area (Å²) in [5.41, 5.74) is 0.407. The molecule has 0 aliphatic rings. The molecule has 11 heteroatoms. The Balaban J connectivity index is 2.14. The zero-order valence-corrected chi connectivity index (χ0v) is 19.6. The molecular weight excluding hydrogens is 454 g/mol. The first-order valence-corrected chi connectivity index (χ1v) is 10.5. The van der Waals surface area contributed by atoms with Crippen molar-refractivity contribution in [3.8, 4) is 28.7 Å². The van der Waals surface area contributed by atoms with Crippen molar-refractivity contribution < 1.29 is 43.2 Å². The monoisotopic (exact) mass is 479 g/mol. The number of carbonyl (C=O) groups excluding carboxylic acids is 2. The predicted molar refractivity (Wildman–Crippen MR) is 121 cm³/mol. The van der Waals surface area contributed by atoms with Gasteiger partial charge in [-0.2, -0.15) is 0 Å². The van der Waals surface area contributed by atoms with Crippen LogP contribution in [0.5, 0.6) is 28.7 Å². The Bertz CT molecular complexity index is 1000. The largest absolute Gasteiger partial charge is 0.493 e. The minimum Gasteiger partial charge on any atom is -0.493 e. The summed E-state index contributed by atoms with van der Waals surface area (Å²) >= 11 is 0.757. The van der Waals surface area contributed by atoms with Gasteiger partial charge in [0.1, 0.15) is 6.04 Å². The number of thioether (sulfide) groups is 1. The summed E-state index contributed by atoms with van der Waals surface area (Å²) < 4.78 is 26.0. The Morgan fingerprint density at radius 1 is 0.818 bits per heavy atom. The molecule has 33 heavy (non-hydrogen) atoms. The maximum atomic E-state index is 12.7. The lowest BCUT2D eigenvalue weighted by Crippen LogP contribution is -2.42. The van der Waals surface area contributed by atoms with Crippen molar-refractivity contribution in [1.29, 1.82) is 0 Å². The van der Waals surface area contributed by atoms with E-state index < -0.39 is 17.9 Å². The third-order valence-electron chi connectivity index (χ3n) is 4.53. The lowest BCUT2D eigenvalue weighted by molar-refractivity contribution is -0.138. The fourth-order valence-corrected chi connectivity index (χ4v) is 3.67. The number of nitrogens with one attached hydrogen (secondary N) is 1. The summed E-state index contributed by atoms with van der Waals surface area (Å²) in [4.78, 5) is 37.0. The molecule has 0 saturated heterocycles. The molecule has 1 atom stereocenters. The topological polar surface area (TPSA) is 130 Å². The van der Waals surface area contributed by atoms with E-state index >= 15 is 0 Å². The molecule has 2 aromatic carbocycles. The van der Waals surface area contributed by atoms with Crippen LogP contribution >= 0.6 is 11.8 Å². The smallest absolute Gasteiger partial charge is 0.327 e. The van der Waals surface area contributed by atoms with Gasteiger partial charge < -0.3 is 34.1 Å². The Hall–Kier alpha value is -3.60. The van der Waals surface area contributed by atoms with Gasteiger partial charge in [0, 0.05) is 16.9 Å². The lowest BCUT2D eigenvalue weighted by atomic mass is 10.1. The van der Waals surface area contributed by atoms with Gasteiger partial charge in [0.2, 0.25) is 10.9 Å². The number of rotatable bonds is 11. The molecule has 1 amide bonds. The van der Waals surface area contributed by atoms with Gasteiger partial charge in [0.05, 0.1) is 35.5 Å². The van der Waals surface area contributed by atoms with Gasteiger partial charge in [0.25, 0.3) is 5.91 Å². The first-order valence-electron chi connectivity index (χ1n) is 9.52. The van der Waals surface area contributed by atoms with E-state index in [1.54, 1.807) is 12.1 Å². The minimum absolute atomic E-state index is 0.104. The van der Waals surface area contributed by atoms with Crippen molar-refractivity contribution in [2.75, 3.05) is 41.3 Å². The van der Waals surface area contributed by atoms with E-state index in [0.29, 0.717) is 22.8 Å². The molecule has 0 aromatic heterocycles. The molecule has 0 bridgehead atoms. The molecule has 10 nitrogen and oxygen atoms in total. The molecule has 0 spiro atoms. The lowest BCUT2D eigenvalue weighted by Gasteiger charge is -2.16. The highest BCUT2D eigenvalue weighted by Crippen LogP contribution is 2.38. The average Bonchev–Trinajstić information content (AvgIpc) is 2.84. The molecule has 2 N–H and O–H groups in total. The van der Waals surface area contributed by atoms with Crippen LogP contribution < -0.4 is 29.0 Å². The van der Waals surface area contributed by atoms with Crippen molar-refractivity contribution >= 4 is 28.8 Å². The third-order valence-corrected chi connectivity index (χ3v) is 5.53. The third kappa shape index (κ3) is 6.22. The highest BCUT2D eigenvalue weighted by Gasteiger charge is 2.25. The Labute approximate surface area is 195 Å². The van der Waals surface area contributed by atoms with E-state index in [1.807, 2.05) is 0 Å². The number of aliphatic carboxylic acids is 1. The van der Waals surface area contributed by atoms with Crippen LogP contribution in [0.1, 0.15) is 20.7 Å². The fourth-order valence-electron chi connectivity index (χ4n) is 2.83. The number of hydrogen-bond donors (Lipinski definition) is 2. The van der Waals surface area contributed by atoms with Gasteiger partial charge in [-0.25, -0.2) is 4.79 Å². The summed E-state index contributed by atoms with van der Waals surface area (Å²) in [5.74, 6) is -0.557. The number of amides is 1. The molecule has 0 saturated carbocycles. The number of ether oxygens (including phenoxy) is 5. The SMILES string of the molecule is COc1ccc(C(=O)SCC(NC(=O)c2cc(OC)c(OC)c(OC)c2)C(=O)O)cc1OC. The molecular formula is C22H25NO9S. The summed E-state index contributed by atoms with van der Waals surface area (Å²) in [6, 6.07) is 6.09. The standard InChI is InChI=1S/C22H25NO9S/c1-28-15-7-6-12(8-16(15)29-2)22(27)33-11-14(21(25)26)23-20(24)13-9-17(30-3)19(32-5)18(10-13)31-4/h6-10,14H,11H2,1-5H3,(H,23,24)(H,25,26). The first-order chi connectivity index (χ1) is 15.8. The highest BCUT2D eigenvalue weighted by molar-refractivity contribution is 8.14. The van der Waals surface area contributed by atoms with E-state index in [1.165, 1.54) is 53.7 Å². The van der Waals surface area contributed by atoms with Crippen LogP contribution in [-0.4, -0.2) is 69.4 Å². The summed E-state index contributed by atoms with van der Waals surface area (Å²) in [6.07, 6.45) is 0. The summed E-state index contributed by atoms with van der Waals surface area (Å²) in [7, 11) is 7.14. The molecule has 0 radical (unpaired) electrons. The van der Waals surface area contributed by atoms with Crippen LogP contribution in [0, 0.1) is 0 Å². The van der Waals surface area contributed by atoms with Crippen molar-refractivity contribution in [3.05, 3.63) is 41.5 Å². The summed E-state index contributed by atoms with van der Waals surface area (Å²) in [5, 5.41) is 11.6. The zero-order valence-electron chi connectivity index (χ0n) is 18.8. The maximum absolute atomic E-state index is 12.7. The van der Waals surface area contributed by atoms with Crippen molar-refractivity contribution in [3.63, 3.8) is 0 Å². The van der Waals surface area contributed by atoms with Gasteiger partial charge >= 0.3 is 5.97 Å². The quantitative estimate of drug-likeness (QED) is 0.496. The van der Waals surface area contributed by atoms with Crippen LogP contribution in [0.25, 0.3) is 0 Å². The molecule has 178 valence electrons. The Morgan fingerprint density at radius 3 is 1.85 bits per heavy atom. The van der Waals surface area contributed by atoms with Crippen LogP contribution in [0.15, 0.2) is 30.3 Å². The van der Waals surface area contributed by atoms with Crippen molar-refractivity contribution in [1.82, 2.24) is 5.32 Å². The van der Waals surface area contributed by atoms with Crippen LogP contribution in [0.4, 0.5) is 0 Å². The van der Waals surface area contributed by atoms with Gasteiger partial charge in [-0.1, -0.05) is 11.8 Å². The second-order valence-corrected chi connectivity index (χ2v) is 7.44. The normalized spacial score (nSPS) is 11.2. The van der Waals surface area contributed by atoms with Crippen molar-refractivity contribution in [2.45, 2.75) is 6.04 Å². The molecule has 0 heterocycles. The van der Waals surface area contributed by atoms with Crippen LogP contribution in [0.3, 0.4) is 0 Å². The molecule has 0 aliphatic carbocycles. The zero-order chi connectivity index (χ0) is 24.5. The Kier molecular flexibility index (Phi) is 9.22. The molecule has 2 rings (SSSR count). The van der Waals surface area contributed by atoms with Gasteiger partial charge in [-0.3, -0.25) is 9.59 Å². The van der Waals surface area contributed by atoms with Gasteiger partial charge in [-0.15, -0.1) is 0 Å². The van der Waals surface area contributed by atoms with E-state index in [2.05, 4.69) is 5.32 Å². The van der Waals surface area contributed by atoms with Crippen LogP contribution in [0.2, 0.25) is 0 Å². The Morgan fingerprint density at radius 2 is 1.36 bits per heavy atom. The van der Waals surface area contributed by atoms with Gasteiger partial charge in [-0.05, 0) is 30.3 Å². The van der Waals surface area contributed by atoms with Crippen LogP contribution in [-0.2, 0) is 4.79 Å². The van der Waals surface area contributed by atoms with Crippen molar-refractivity contribution in [2.24, 2.45) is 0 Å². The second-order valence-electron chi connectivity index (χ2n) is 6.45. The number of carboxylic acid groups (broad SMARTS) is 1. The maximum Gasteiger partial charge on any atom is 0.327 e. The van der Waals surface area contributed by atoms with E-state index in [9.17, 15) is 19.5 Å².